The first-order valence-electron chi connectivity index (χ1n) is 6.00. The van der Waals surface area contributed by atoms with Crippen molar-refractivity contribution in [3.63, 3.8) is 0 Å². The van der Waals surface area contributed by atoms with Gasteiger partial charge in [0.1, 0.15) is 11.6 Å². The predicted octanol–water partition coefficient (Wildman–Crippen LogP) is 2.78. The van der Waals surface area contributed by atoms with E-state index in [0.717, 1.165) is 6.07 Å². The van der Waals surface area contributed by atoms with E-state index in [2.05, 4.69) is 5.32 Å². The van der Waals surface area contributed by atoms with E-state index >= 15 is 0 Å². The van der Waals surface area contributed by atoms with Gasteiger partial charge in [0.2, 0.25) is 0 Å². The Morgan fingerprint density at radius 3 is 2.52 bits per heavy atom. The Morgan fingerprint density at radius 2 is 1.90 bits per heavy atom. The second-order valence-corrected chi connectivity index (χ2v) is 4.15. The Morgan fingerprint density at radius 1 is 1.19 bits per heavy atom. The third-order valence-electron chi connectivity index (χ3n) is 2.82. The van der Waals surface area contributed by atoms with Crippen molar-refractivity contribution in [3.8, 4) is 5.75 Å². The summed E-state index contributed by atoms with van der Waals surface area (Å²) in [6, 6.07) is 9.77. The smallest absolute Gasteiger partial charge is 0.335 e. The molecular formula is C15H12FNO4. The van der Waals surface area contributed by atoms with Gasteiger partial charge in [-0.05, 0) is 30.3 Å². The van der Waals surface area contributed by atoms with Crippen LogP contribution in [0.5, 0.6) is 5.75 Å². The molecule has 0 bridgehead atoms. The number of methoxy groups -OCH3 is 1. The number of carboxylic acid groups (broad SMARTS) is 1. The molecule has 0 atom stereocenters. The SMILES string of the molecule is COc1ccccc1C(=O)Nc1ccc(C(=O)O)cc1F. The van der Waals surface area contributed by atoms with E-state index in [4.69, 9.17) is 9.84 Å². The molecule has 0 aliphatic carbocycles. The van der Waals surface area contributed by atoms with Crippen molar-refractivity contribution >= 4 is 17.6 Å². The third-order valence-corrected chi connectivity index (χ3v) is 2.82. The summed E-state index contributed by atoms with van der Waals surface area (Å²) in [5.41, 5.74) is -0.0413. The van der Waals surface area contributed by atoms with Crippen LogP contribution in [0.3, 0.4) is 0 Å². The van der Waals surface area contributed by atoms with Crippen LogP contribution in [0.2, 0.25) is 0 Å². The predicted molar refractivity (Wildman–Crippen MR) is 74.3 cm³/mol. The number of rotatable bonds is 4. The summed E-state index contributed by atoms with van der Waals surface area (Å²) in [6.07, 6.45) is 0. The highest BCUT2D eigenvalue weighted by atomic mass is 19.1. The molecule has 0 radical (unpaired) electrons. The quantitative estimate of drug-likeness (QED) is 0.907. The number of carbonyl (C=O) groups excluding carboxylic acids is 1. The molecule has 0 aliphatic heterocycles. The maximum Gasteiger partial charge on any atom is 0.335 e. The zero-order valence-electron chi connectivity index (χ0n) is 11.1. The number of para-hydroxylation sites is 1. The molecule has 0 spiro atoms. The molecule has 0 fully saturated rings. The molecule has 2 N–H and O–H groups in total. The molecule has 0 aliphatic rings. The molecule has 21 heavy (non-hydrogen) atoms. The molecule has 0 aromatic heterocycles. The fraction of sp³-hybridized carbons (Fsp3) is 0.0667. The van der Waals surface area contributed by atoms with E-state index in [1.165, 1.54) is 25.3 Å². The minimum Gasteiger partial charge on any atom is -0.496 e. The van der Waals surface area contributed by atoms with Gasteiger partial charge in [0, 0.05) is 0 Å². The summed E-state index contributed by atoms with van der Waals surface area (Å²) in [4.78, 5) is 22.8. The molecule has 5 nitrogen and oxygen atoms in total. The van der Waals surface area contributed by atoms with Crippen LogP contribution in [0.15, 0.2) is 42.5 Å². The van der Waals surface area contributed by atoms with Gasteiger partial charge in [-0.2, -0.15) is 0 Å². The molecule has 108 valence electrons. The van der Waals surface area contributed by atoms with Gasteiger partial charge in [0.05, 0.1) is 23.9 Å². The number of ether oxygens (including phenoxy) is 1. The van der Waals surface area contributed by atoms with Gasteiger partial charge >= 0.3 is 5.97 Å². The number of carboxylic acids is 1. The van der Waals surface area contributed by atoms with Crippen molar-refractivity contribution in [2.45, 2.75) is 0 Å². The summed E-state index contributed by atoms with van der Waals surface area (Å²) in [6.45, 7) is 0. The van der Waals surface area contributed by atoms with Crippen molar-refractivity contribution in [1.29, 1.82) is 0 Å². The Kier molecular flexibility index (Phi) is 4.18. The fourth-order valence-corrected chi connectivity index (χ4v) is 1.77. The van der Waals surface area contributed by atoms with Crippen LogP contribution in [0.4, 0.5) is 10.1 Å². The second-order valence-electron chi connectivity index (χ2n) is 4.15. The van der Waals surface area contributed by atoms with Crippen LogP contribution in [-0.4, -0.2) is 24.1 Å². The summed E-state index contributed by atoms with van der Waals surface area (Å²) in [7, 11) is 1.42. The van der Waals surface area contributed by atoms with E-state index in [9.17, 15) is 14.0 Å². The number of benzene rings is 2. The van der Waals surface area contributed by atoms with E-state index in [-0.39, 0.29) is 16.8 Å². The van der Waals surface area contributed by atoms with Crippen LogP contribution < -0.4 is 10.1 Å². The molecular weight excluding hydrogens is 277 g/mol. The van der Waals surface area contributed by atoms with E-state index in [1.807, 2.05) is 0 Å². The number of anilines is 1. The maximum atomic E-state index is 13.8. The highest BCUT2D eigenvalue weighted by molar-refractivity contribution is 6.06. The summed E-state index contributed by atoms with van der Waals surface area (Å²) in [5, 5.41) is 11.1. The maximum absolute atomic E-state index is 13.8. The van der Waals surface area contributed by atoms with Crippen molar-refractivity contribution in [3.05, 3.63) is 59.4 Å². The van der Waals surface area contributed by atoms with Gasteiger partial charge in [0.25, 0.3) is 5.91 Å². The van der Waals surface area contributed by atoms with Crippen molar-refractivity contribution < 1.29 is 23.8 Å². The first-order chi connectivity index (χ1) is 10.0. The molecule has 6 heteroatoms. The summed E-state index contributed by atoms with van der Waals surface area (Å²) < 4.78 is 18.8. The zero-order valence-corrected chi connectivity index (χ0v) is 11.1. The van der Waals surface area contributed by atoms with Gasteiger partial charge in [-0.1, -0.05) is 12.1 Å². The highest BCUT2D eigenvalue weighted by Gasteiger charge is 2.14. The Hall–Kier alpha value is -2.89. The minimum atomic E-state index is -1.24. The molecule has 2 aromatic rings. The lowest BCUT2D eigenvalue weighted by atomic mass is 10.1. The van der Waals surface area contributed by atoms with Crippen LogP contribution in [0.1, 0.15) is 20.7 Å². The second kappa shape index (κ2) is 6.04. The number of carbonyl (C=O) groups is 2. The van der Waals surface area contributed by atoms with Crippen LogP contribution in [0.25, 0.3) is 0 Å². The summed E-state index contributed by atoms with van der Waals surface area (Å²) >= 11 is 0. The monoisotopic (exact) mass is 289 g/mol. The molecule has 2 aromatic carbocycles. The highest BCUT2D eigenvalue weighted by Crippen LogP contribution is 2.21. The first kappa shape index (κ1) is 14.5. The van der Waals surface area contributed by atoms with Crippen molar-refractivity contribution in [2.24, 2.45) is 0 Å². The molecule has 2 rings (SSSR count). The number of hydrogen-bond donors (Lipinski definition) is 2. The lowest BCUT2D eigenvalue weighted by Crippen LogP contribution is -2.14. The molecule has 0 saturated carbocycles. The number of amides is 1. The topological polar surface area (TPSA) is 75.6 Å². The van der Waals surface area contributed by atoms with Gasteiger partial charge < -0.3 is 15.2 Å². The fourth-order valence-electron chi connectivity index (χ4n) is 1.77. The Bertz CT molecular complexity index is 700. The van der Waals surface area contributed by atoms with Crippen molar-refractivity contribution in [1.82, 2.24) is 0 Å². The molecule has 0 saturated heterocycles. The first-order valence-corrected chi connectivity index (χ1v) is 6.00. The number of hydrogen-bond acceptors (Lipinski definition) is 3. The van der Waals surface area contributed by atoms with Gasteiger partial charge in [-0.25, -0.2) is 9.18 Å². The van der Waals surface area contributed by atoms with Crippen LogP contribution in [-0.2, 0) is 0 Å². The Balaban J connectivity index is 2.26. The zero-order chi connectivity index (χ0) is 15.4. The molecule has 0 unspecified atom stereocenters. The van der Waals surface area contributed by atoms with Gasteiger partial charge in [-0.15, -0.1) is 0 Å². The lowest BCUT2D eigenvalue weighted by molar-refractivity contribution is 0.0696. The molecule has 1 amide bonds. The Labute approximate surface area is 120 Å². The van der Waals surface area contributed by atoms with Crippen molar-refractivity contribution in [2.75, 3.05) is 12.4 Å². The van der Waals surface area contributed by atoms with Crippen LogP contribution in [0, 0.1) is 5.82 Å². The van der Waals surface area contributed by atoms with E-state index < -0.39 is 17.7 Å². The van der Waals surface area contributed by atoms with E-state index in [0.29, 0.717) is 5.75 Å². The van der Waals surface area contributed by atoms with Gasteiger partial charge in [-0.3, -0.25) is 4.79 Å². The van der Waals surface area contributed by atoms with Crippen LogP contribution >= 0.6 is 0 Å². The standard InChI is InChI=1S/C15H12FNO4/c1-21-13-5-3-2-4-10(13)14(18)17-12-7-6-9(15(19)20)8-11(12)16/h2-8H,1H3,(H,17,18)(H,19,20). The van der Waals surface area contributed by atoms with E-state index in [1.54, 1.807) is 18.2 Å². The number of nitrogens with one attached hydrogen (secondary N) is 1. The number of halogens is 1. The normalized spacial score (nSPS) is 10.0. The summed E-state index contributed by atoms with van der Waals surface area (Å²) in [5.74, 6) is -2.25. The number of aromatic carboxylic acids is 1. The van der Waals surface area contributed by atoms with Gasteiger partial charge in [0.15, 0.2) is 0 Å². The molecule has 0 heterocycles. The lowest BCUT2D eigenvalue weighted by Gasteiger charge is -2.10. The largest absolute Gasteiger partial charge is 0.496 e. The third kappa shape index (κ3) is 3.17. The average Bonchev–Trinajstić information content (AvgIpc) is 2.48. The minimum absolute atomic E-state index is 0.101. The average molecular weight is 289 g/mol.